The summed E-state index contributed by atoms with van der Waals surface area (Å²) in [6, 6.07) is 45.7. The van der Waals surface area contributed by atoms with Crippen molar-refractivity contribution in [3.63, 3.8) is 0 Å². The van der Waals surface area contributed by atoms with Crippen LogP contribution in [0.1, 0.15) is 0 Å². The van der Waals surface area contributed by atoms with Crippen LogP contribution in [0.3, 0.4) is 0 Å². The molecule has 7 aromatic carbocycles. The van der Waals surface area contributed by atoms with Gasteiger partial charge in [0, 0.05) is 26.6 Å². The molecule has 0 saturated carbocycles. The van der Waals surface area contributed by atoms with Gasteiger partial charge in [-0.15, -0.1) is 0 Å². The van der Waals surface area contributed by atoms with E-state index in [0.717, 1.165) is 27.6 Å². The summed E-state index contributed by atoms with van der Waals surface area (Å²) in [5.74, 6) is 0.769. The maximum atomic E-state index is 5.05. The molecule has 0 bridgehead atoms. The number of rotatable bonds is 3. The zero-order valence-corrected chi connectivity index (χ0v) is 23.4. The van der Waals surface area contributed by atoms with E-state index in [-0.39, 0.29) is 0 Å². The second kappa shape index (κ2) is 8.90. The fraction of sp³-hybridized carbons (Fsp3) is 0. The summed E-state index contributed by atoms with van der Waals surface area (Å²) in [4.78, 5) is 9.91. The lowest BCUT2D eigenvalue weighted by Crippen LogP contribution is -2.14. The lowest BCUT2D eigenvalue weighted by Gasteiger charge is -2.32. The van der Waals surface area contributed by atoms with Crippen molar-refractivity contribution in [2.45, 2.75) is 9.79 Å². The summed E-state index contributed by atoms with van der Waals surface area (Å²) in [5, 5.41) is 8.56. The Labute approximate surface area is 245 Å². The minimum absolute atomic E-state index is 0.769. The Morgan fingerprint density at radius 1 is 0.512 bits per heavy atom. The Morgan fingerprint density at radius 3 is 1.83 bits per heavy atom. The van der Waals surface area contributed by atoms with Crippen LogP contribution in [0.25, 0.3) is 54.3 Å². The Hall–Kier alpha value is -4.71. The summed E-state index contributed by atoms with van der Waals surface area (Å²) in [6.45, 7) is 0. The van der Waals surface area contributed by atoms with E-state index >= 15 is 0 Å². The third kappa shape index (κ3) is 3.60. The van der Waals surface area contributed by atoms with Crippen molar-refractivity contribution in [2.24, 2.45) is 0 Å². The van der Waals surface area contributed by atoms with Crippen molar-refractivity contribution in [1.29, 1.82) is 0 Å². The highest BCUT2D eigenvalue weighted by molar-refractivity contribution is 7.99. The smallest absolute Gasteiger partial charge is 0.173 e. The van der Waals surface area contributed by atoms with Crippen LogP contribution >= 0.6 is 23.3 Å². The molecular formula is C36H21N3S2. The van der Waals surface area contributed by atoms with Crippen molar-refractivity contribution < 1.29 is 0 Å². The lowest BCUT2D eigenvalue weighted by molar-refractivity contribution is 1.17. The molecule has 3 nitrogen and oxygen atoms in total. The van der Waals surface area contributed by atoms with Crippen LogP contribution in [-0.4, -0.2) is 9.36 Å². The molecule has 41 heavy (non-hydrogen) atoms. The molecule has 5 heteroatoms. The largest absolute Gasteiger partial charge is 0.308 e. The number of benzene rings is 7. The summed E-state index contributed by atoms with van der Waals surface area (Å²) in [5.41, 5.74) is 5.62. The SMILES string of the molecule is c1cc(-c2nc(-c3cc4ccc5cccc6ccc(c3)c4c56)ns2)cc(N2c3ccccc3Sc3ccccc32)c1. The third-order valence-electron chi connectivity index (χ3n) is 7.93. The standard InChI is InChI=1S/C36H21N3S2/c1-3-13-31-29(11-1)39(30-12-2-4-14-32(30)40-31)28-10-6-9-26(21-28)36-37-35(38-41-36)27-19-24-17-15-22-7-5-8-23-16-18-25(20-27)34(24)33(22)23/h1-21H. The molecule has 1 aromatic heterocycles. The van der Waals surface area contributed by atoms with Crippen molar-refractivity contribution in [1.82, 2.24) is 9.36 Å². The van der Waals surface area contributed by atoms with Crippen LogP contribution in [0.2, 0.25) is 0 Å². The van der Waals surface area contributed by atoms with Crippen LogP contribution < -0.4 is 4.90 Å². The van der Waals surface area contributed by atoms with E-state index in [4.69, 9.17) is 9.36 Å². The van der Waals surface area contributed by atoms with E-state index in [1.54, 1.807) is 0 Å². The number of fused-ring (bicyclic) bond motifs is 2. The van der Waals surface area contributed by atoms with Gasteiger partial charge < -0.3 is 4.90 Å². The first-order valence-corrected chi connectivity index (χ1v) is 15.2. The summed E-state index contributed by atoms with van der Waals surface area (Å²) >= 11 is 3.28. The van der Waals surface area contributed by atoms with Gasteiger partial charge in [-0.2, -0.15) is 4.37 Å². The number of para-hydroxylation sites is 2. The van der Waals surface area contributed by atoms with Crippen molar-refractivity contribution in [3.8, 4) is 22.0 Å². The Kier molecular flexibility index (Phi) is 5.00. The molecule has 0 radical (unpaired) electrons. The second-order valence-electron chi connectivity index (χ2n) is 10.4. The van der Waals surface area contributed by atoms with Gasteiger partial charge in [0.2, 0.25) is 0 Å². The molecule has 9 rings (SSSR count). The predicted molar refractivity (Wildman–Crippen MR) is 173 cm³/mol. The molecule has 8 aromatic rings. The maximum Gasteiger partial charge on any atom is 0.173 e. The van der Waals surface area contributed by atoms with E-state index in [0.29, 0.717) is 0 Å². The van der Waals surface area contributed by atoms with E-state index < -0.39 is 0 Å². The van der Waals surface area contributed by atoms with E-state index in [1.807, 2.05) is 11.8 Å². The molecule has 2 heterocycles. The first-order chi connectivity index (χ1) is 20.3. The number of hydrogen-bond donors (Lipinski definition) is 0. The van der Waals surface area contributed by atoms with Crippen LogP contribution in [0, 0.1) is 0 Å². The van der Waals surface area contributed by atoms with Crippen LogP contribution in [-0.2, 0) is 0 Å². The van der Waals surface area contributed by atoms with Gasteiger partial charge in [0.15, 0.2) is 5.82 Å². The molecule has 192 valence electrons. The fourth-order valence-corrected chi connectivity index (χ4v) is 7.84. The summed E-state index contributed by atoms with van der Waals surface area (Å²) < 4.78 is 4.83. The molecule has 0 N–H and O–H groups in total. The van der Waals surface area contributed by atoms with E-state index in [9.17, 15) is 0 Å². The first kappa shape index (κ1) is 23.0. The molecule has 0 aliphatic carbocycles. The lowest BCUT2D eigenvalue weighted by atomic mass is 9.93. The topological polar surface area (TPSA) is 29.0 Å². The minimum Gasteiger partial charge on any atom is -0.308 e. The normalized spacial score (nSPS) is 12.7. The second-order valence-corrected chi connectivity index (χ2v) is 12.2. The van der Waals surface area contributed by atoms with Gasteiger partial charge in [0.1, 0.15) is 5.01 Å². The quantitative estimate of drug-likeness (QED) is 0.201. The van der Waals surface area contributed by atoms with Crippen molar-refractivity contribution in [2.75, 3.05) is 4.90 Å². The van der Waals surface area contributed by atoms with E-state index in [2.05, 4.69) is 132 Å². The zero-order valence-electron chi connectivity index (χ0n) is 21.8. The van der Waals surface area contributed by atoms with Gasteiger partial charge in [-0.1, -0.05) is 90.6 Å². The Bertz CT molecular complexity index is 2160. The zero-order chi connectivity index (χ0) is 26.9. The fourth-order valence-electron chi connectivity index (χ4n) is 6.10. The highest BCUT2D eigenvalue weighted by Crippen LogP contribution is 2.51. The third-order valence-corrected chi connectivity index (χ3v) is 9.83. The molecule has 1 aliphatic heterocycles. The van der Waals surface area contributed by atoms with Crippen molar-refractivity contribution in [3.05, 3.63) is 127 Å². The number of anilines is 3. The van der Waals surface area contributed by atoms with Gasteiger partial charge in [-0.25, -0.2) is 4.98 Å². The first-order valence-electron chi connectivity index (χ1n) is 13.6. The molecule has 0 atom stereocenters. The highest BCUT2D eigenvalue weighted by Gasteiger charge is 2.24. The van der Waals surface area contributed by atoms with Crippen molar-refractivity contribution >= 4 is 72.7 Å². The van der Waals surface area contributed by atoms with Crippen LogP contribution in [0.5, 0.6) is 0 Å². The number of hydrogen-bond acceptors (Lipinski definition) is 5. The Balaban J connectivity index is 1.13. The minimum atomic E-state index is 0.769. The molecule has 0 spiro atoms. The van der Waals surface area contributed by atoms with Gasteiger partial charge in [0.05, 0.1) is 11.4 Å². The van der Waals surface area contributed by atoms with Crippen LogP contribution in [0.15, 0.2) is 137 Å². The maximum absolute atomic E-state index is 5.05. The predicted octanol–water partition coefficient (Wildman–Crippen LogP) is 10.7. The molecule has 0 fully saturated rings. The molecule has 0 unspecified atom stereocenters. The molecule has 0 saturated heterocycles. The summed E-state index contributed by atoms with van der Waals surface area (Å²) in [6.07, 6.45) is 0. The van der Waals surface area contributed by atoms with Gasteiger partial charge >= 0.3 is 0 Å². The summed E-state index contributed by atoms with van der Waals surface area (Å²) in [7, 11) is 0. The Morgan fingerprint density at radius 2 is 1.12 bits per heavy atom. The molecule has 1 aliphatic rings. The molecular weight excluding hydrogens is 539 g/mol. The van der Waals surface area contributed by atoms with E-state index in [1.165, 1.54) is 65.0 Å². The van der Waals surface area contributed by atoms with Gasteiger partial charge in [0.25, 0.3) is 0 Å². The average molecular weight is 560 g/mol. The van der Waals surface area contributed by atoms with Crippen LogP contribution in [0.4, 0.5) is 17.1 Å². The average Bonchev–Trinajstić information content (AvgIpc) is 3.53. The number of nitrogens with zero attached hydrogens (tertiary/aromatic N) is 3. The van der Waals surface area contributed by atoms with Gasteiger partial charge in [-0.3, -0.25) is 0 Å². The highest BCUT2D eigenvalue weighted by atomic mass is 32.2. The monoisotopic (exact) mass is 559 g/mol. The molecule has 0 amide bonds. The number of aromatic nitrogens is 2. The van der Waals surface area contributed by atoms with Gasteiger partial charge in [-0.05, 0) is 92.4 Å².